The van der Waals surface area contributed by atoms with E-state index in [-0.39, 0.29) is 0 Å². The van der Waals surface area contributed by atoms with E-state index in [1.807, 2.05) is 0 Å². The smallest absolute Gasteiger partial charge is 0.0478 e. The van der Waals surface area contributed by atoms with Gasteiger partial charge in [-0.1, -0.05) is 6.92 Å². The highest BCUT2D eigenvalue weighted by molar-refractivity contribution is 4.94. The van der Waals surface area contributed by atoms with Gasteiger partial charge >= 0.3 is 0 Å². The van der Waals surface area contributed by atoms with E-state index in [1.54, 1.807) is 0 Å². The molecule has 1 heterocycles. The van der Waals surface area contributed by atoms with Crippen LogP contribution in [0.5, 0.6) is 0 Å². The minimum atomic E-state index is 0.706. The van der Waals surface area contributed by atoms with Crippen LogP contribution in [0, 0.1) is 5.92 Å². The first-order valence-corrected chi connectivity index (χ1v) is 7.40. The van der Waals surface area contributed by atoms with Crippen molar-refractivity contribution in [3.63, 3.8) is 0 Å². The van der Waals surface area contributed by atoms with Gasteiger partial charge in [0, 0.05) is 44.9 Å². The van der Waals surface area contributed by atoms with Gasteiger partial charge in [0.15, 0.2) is 0 Å². The SMILES string of the molecule is CCOCCCN1CC(CC)NCC1C1CC1. The van der Waals surface area contributed by atoms with Gasteiger partial charge in [-0.3, -0.25) is 4.90 Å². The van der Waals surface area contributed by atoms with Gasteiger partial charge in [0.1, 0.15) is 0 Å². The Morgan fingerprint density at radius 3 is 2.76 bits per heavy atom. The summed E-state index contributed by atoms with van der Waals surface area (Å²) in [5.41, 5.74) is 0. The summed E-state index contributed by atoms with van der Waals surface area (Å²) in [6, 6.07) is 1.51. The molecule has 2 rings (SSSR count). The summed E-state index contributed by atoms with van der Waals surface area (Å²) in [7, 11) is 0. The maximum absolute atomic E-state index is 5.45. The summed E-state index contributed by atoms with van der Waals surface area (Å²) >= 11 is 0. The molecule has 0 aromatic carbocycles. The highest BCUT2D eigenvalue weighted by Gasteiger charge is 2.37. The Labute approximate surface area is 106 Å². The quantitative estimate of drug-likeness (QED) is 0.688. The third kappa shape index (κ3) is 3.94. The van der Waals surface area contributed by atoms with E-state index in [0.29, 0.717) is 6.04 Å². The molecular weight excluding hydrogens is 212 g/mol. The third-order valence-corrected chi connectivity index (χ3v) is 4.14. The topological polar surface area (TPSA) is 24.5 Å². The summed E-state index contributed by atoms with van der Waals surface area (Å²) in [6.45, 7) is 9.80. The van der Waals surface area contributed by atoms with Crippen molar-refractivity contribution in [2.75, 3.05) is 32.8 Å². The fourth-order valence-corrected chi connectivity index (χ4v) is 2.89. The maximum Gasteiger partial charge on any atom is 0.0478 e. The standard InChI is InChI=1S/C14H28N2O/c1-3-13-11-16(8-5-9-17-4-2)14(10-15-13)12-6-7-12/h12-15H,3-11H2,1-2H3. The fraction of sp³-hybridized carbons (Fsp3) is 1.00. The second kappa shape index (κ2) is 6.72. The molecule has 0 radical (unpaired) electrons. The van der Waals surface area contributed by atoms with Crippen LogP contribution in [0.15, 0.2) is 0 Å². The molecule has 100 valence electrons. The minimum absolute atomic E-state index is 0.706. The lowest BCUT2D eigenvalue weighted by molar-refractivity contribution is 0.0877. The lowest BCUT2D eigenvalue weighted by atomic mass is 10.0. The van der Waals surface area contributed by atoms with Crippen LogP contribution in [0.1, 0.15) is 39.5 Å². The van der Waals surface area contributed by atoms with Crippen LogP contribution in [-0.2, 0) is 4.74 Å². The highest BCUT2D eigenvalue weighted by Crippen LogP contribution is 2.36. The minimum Gasteiger partial charge on any atom is -0.382 e. The van der Waals surface area contributed by atoms with E-state index in [4.69, 9.17) is 4.74 Å². The van der Waals surface area contributed by atoms with Gasteiger partial charge in [-0.15, -0.1) is 0 Å². The summed E-state index contributed by atoms with van der Waals surface area (Å²) in [4.78, 5) is 2.72. The molecule has 0 spiro atoms. The number of nitrogens with zero attached hydrogens (tertiary/aromatic N) is 1. The molecular formula is C14H28N2O. The summed E-state index contributed by atoms with van der Waals surface area (Å²) in [6.07, 6.45) is 5.34. The molecule has 2 unspecified atom stereocenters. The highest BCUT2D eigenvalue weighted by atomic mass is 16.5. The molecule has 17 heavy (non-hydrogen) atoms. The number of hydrogen-bond donors (Lipinski definition) is 1. The van der Waals surface area contributed by atoms with Crippen LogP contribution < -0.4 is 5.32 Å². The van der Waals surface area contributed by atoms with E-state index in [9.17, 15) is 0 Å². The molecule has 0 aromatic heterocycles. The Balaban J connectivity index is 1.76. The Kier molecular flexibility index (Phi) is 5.26. The molecule has 3 nitrogen and oxygen atoms in total. The van der Waals surface area contributed by atoms with Crippen molar-refractivity contribution in [2.24, 2.45) is 5.92 Å². The molecule has 1 N–H and O–H groups in total. The lowest BCUT2D eigenvalue weighted by Gasteiger charge is -2.40. The van der Waals surface area contributed by atoms with Gasteiger partial charge in [-0.05, 0) is 38.5 Å². The molecule has 2 fully saturated rings. The zero-order chi connectivity index (χ0) is 12.1. The Bertz CT molecular complexity index is 218. The molecule has 2 atom stereocenters. The maximum atomic E-state index is 5.45. The molecule has 3 heteroatoms. The predicted octanol–water partition coefficient (Wildman–Crippen LogP) is 1.88. The first kappa shape index (κ1) is 13.3. The van der Waals surface area contributed by atoms with Gasteiger partial charge < -0.3 is 10.1 Å². The normalized spacial score (nSPS) is 30.7. The largest absolute Gasteiger partial charge is 0.382 e. The van der Waals surface area contributed by atoms with Gasteiger partial charge in [-0.25, -0.2) is 0 Å². The number of rotatable bonds is 7. The molecule has 0 amide bonds. The molecule has 0 bridgehead atoms. The van der Waals surface area contributed by atoms with Crippen LogP contribution in [0.3, 0.4) is 0 Å². The van der Waals surface area contributed by atoms with Crippen LogP contribution in [0.25, 0.3) is 0 Å². The summed E-state index contributed by atoms with van der Waals surface area (Å²) in [5, 5.41) is 3.70. The Hall–Kier alpha value is -0.120. The zero-order valence-electron chi connectivity index (χ0n) is 11.5. The zero-order valence-corrected chi connectivity index (χ0v) is 11.5. The van der Waals surface area contributed by atoms with Crippen molar-refractivity contribution in [3.05, 3.63) is 0 Å². The van der Waals surface area contributed by atoms with Crippen LogP contribution >= 0.6 is 0 Å². The summed E-state index contributed by atoms with van der Waals surface area (Å²) in [5.74, 6) is 0.979. The molecule has 0 aromatic rings. The van der Waals surface area contributed by atoms with Crippen LogP contribution in [0.4, 0.5) is 0 Å². The molecule has 2 aliphatic rings. The van der Waals surface area contributed by atoms with Crippen LogP contribution in [-0.4, -0.2) is 49.8 Å². The third-order valence-electron chi connectivity index (χ3n) is 4.14. The van der Waals surface area contributed by atoms with Gasteiger partial charge in [0.25, 0.3) is 0 Å². The summed E-state index contributed by atoms with van der Waals surface area (Å²) < 4.78 is 5.45. The van der Waals surface area contributed by atoms with Crippen molar-refractivity contribution in [2.45, 2.75) is 51.6 Å². The van der Waals surface area contributed by atoms with E-state index < -0.39 is 0 Å². The van der Waals surface area contributed by atoms with Crippen LogP contribution in [0.2, 0.25) is 0 Å². The number of hydrogen-bond acceptors (Lipinski definition) is 3. The number of nitrogens with one attached hydrogen (secondary N) is 1. The number of piperazine rings is 1. The van der Waals surface area contributed by atoms with Crippen molar-refractivity contribution < 1.29 is 4.74 Å². The van der Waals surface area contributed by atoms with Crippen molar-refractivity contribution >= 4 is 0 Å². The lowest BCUT2D eigenvalue weighted by Crippen LogP contribution is -2.57. The van der Waals surface area contributed by atoms with Gasteiger partial charge in [-0.2, -0.15) is 0 Å². The fourth-order valence-electron chi connectivity index (χ4n) is 2.89. The first-order chi connectivity index (χ1) is 8.35. The van der Waals surface area contributed by atoms with E-state index in [2.05, 4.69) is 24.1 Å². The van der Waals surface area contributed by atoms with E-state index in [1.165, 1.54) is 45.3 Å². The molecule has 1 saturated carbocycles. The van der Waals surface area contributed by atoms with Crippen molar-refractivity contribution in [3.8, 4) is 0 Å². The van der Waals surface area contributed by atoms with Crippen molar-refractivity contribution in [1.29, 1.82) is 0 Å². The van der Waals surface area contributed by atoms with Gasteiger partial charge in [0.05, 0.1) is 0 Å². The predicted molar refractivity (Wildman–Crippen MR) is 71.3 cm³/mol. The van der Waals surface area contributed by atoms with Gasteiger partial charge in [0.2, 0.25) is 0 Å². The second-order valence-corrected chi connectivity index (χ2v) is 5.46. The van der Waals surface area contributed by atoms with Crippen molar-refractivity contribution in [1.82, 2.24) is 10.2 Å². The molecule has 1 aliphatic carbocycles. The monoisotopic (exact) mass is 240 g/mol. The Morgan fingerprint density at radius 1 is 1.29 bits per heavy atom. The second-order valence-electron chi connectivity index (χ2n) is 5.46. The number of ether oxygens (including phenoxy) is 1. The average Bonchev–Trinajstić information content (AvgIpc) is 3.18. The molecule has 1 aliphatic heterocycles. The van der Waals surface area contributed by atoms with E-state index >= 15 is 0 Å². The first-order valence-electron chi connectivity index (χ1n) is 7.40. The molecule has 1 saturated heterocycles. The average molecular weight is 240 g/mol. The Morgan fingerprint density at radius 2 is 2.12 bits per heavy atom. The van der Waals surface area contributed by atoms with E-state index in [0.717, 1.165) is 25.2 Å².